The second-order valence-electron chi connectivity index (χ2n) is 4.79. The lowest BCUT2D eigenvalue weighted by atomic mass is 10.4. The van der Waals surface area contributed by atoms with Crippen LogP contribution in [0.25, 0.3) is 0 Å². The van der Waals surface area contributed by atoms with Crippen LogP contribution >= 0.6 is 0 Å². The average molecular weight is 225 g/mol. The first-order chi connectivity index (χ1) is 7.24. The lowest BCUT2D eigenvalue weighted by Gasteiger charge is -2.50. The quantitative estimate of drug-likeness (QED) is 0.560. The second-order valence-corrected chi connectivity index (χ2v) is 6.49. The highest BCUT2D eigenvalue weighted by molar-refractivity contribution is 6.28. The van der Waals surface area contributed by atoms with Crippen LogP contribution in [-0.2, 0) is 0 Å². The molecule has 0 N–H and O–H groups in total. The summed E-state index contributed by atoms with van der Waals surface area (Å²) in [5.41, 5.74) is 0. The largest absolute Gasteiger partial charge is 0.554 e. The molecule has 0 saturated carbocycles. The number of hydrogen-bond donors (Lipinski definition) is 0. The monoisotopic (exact) mass is 225 g/mol. The van der Waals surface area contributed by atoms with Crippen molar-refractivity contribution in [3.05, 3.63) is 0 Å². The van der Waals surface area contributed by atoms with Gasteiger partial charge in [0.25, 0.3) is 0 Å². The van der Waals surface area contributed by atoms with Gasteiger partial charge < -0.3 is 17.6 Å². The predicted octanol–water partition coefficient (Wildman–Crippen LogP) is -0.985. The second kappa shape index (κ2) is 5.63. The van der Waals surface area contributed by atoms with Crippen molar-refractivity contribution in [2.24, 2.45) is 0 Å². The molecule has 0 aromatic heterocycles. The Morgan fingerprint density at radius 2 is 0.933 bits per heavy atom. The smallest absolute Gasteiger partial charge is 0.00640 e. The average Bonchev–Trinajstić information content (AvgIpc) is 2.25. The van der Waals surface area contributed by atoms with Gasteiger partial charge in [0.2, 0.25) is 0 Å². The maximum absolute atomic E-state index is 2.67. The molecule has 0 unspecified atom stereocenters. The van der Waals surface area contributed by atoms with E-state index < -0.39 is 0 Å². The fraction of sp³-hybridized carbons (Fsp3) is 1.00. The zero-order chi connectivity index (χ0) is 10.7. The van der Waals surface area contributed by atoms with Crippen molar-refractivity contribution >= 4 is 15.7 Å². The molecule has 86 valence electrons. The van der Waals surface area contributed by atoms with E-state index in [1.807, 2.05) is 0 Å². The Labute approximate surface area is 99.9 Å². The van der Waals surface area contributed by atoms with Crippen LogP contribution in [0.5, 0.6) is 0 Å². The van der Waals surface area contributed by atoms with Crippen LogP contribution in [0.2, 0.25) is 0 Å². The summed E-state index contributed by atoms with van der Waals surface area (Å²) in [7, 11) is 4.45. The van der Waals surface area contributed by atoms with Crippen LogP contribution in [0.3, 0.4) is 0 Å². The number of hydrogen-bond acceptors (Lipinski definition) is 4. The third kappa shape index (κ3) is 3.70. The van der Waals surface area contributed by atoms with Crippen molar-refractivity contribution in [2.45, 2.75) is 0 Å². The Hall–Kier alpha value is 0.372. The van der Waals surface area contributed by atoms with Gasteiger partial charge in [0, 0.05) is 26.2 Å². The first kappa shape index (κ1) is 11.8. The van der Waals surface area contributed by atoms with E-state index >= 15 is 0 Å². The summed E-state index contributed by atoms with van der Waals surface area (Å²) in [4.78, 5) is 4.86. The maximum Gasteiger partial charge on any atom is 0.00640 e. The summed E-state index contributed by atoms with van der Waals surface area (Å²) in [6.07, 6.45) is 0. The van der Waals surface area contributed by atoms with Gasteiger partial charge in [-0.2, -0.15) is 0 Å². The molecule has 2 radical (unpaired) electrons. The van der Waals surface area contributed by atoms with E-state index in [2.05, 4.69) is 31.7 Å². The van der Waals surface area contributed by atoms with E-state index in [0.29, 0.717) is 15.7 Å². The molecule has 0 aliphatic carbocycles. The molecule has 4 nitrogen and oxygen atoms in total. The third-order valence-electron chi connectivity index (χ3n) is 3.40. The Morgan fingerprint density at radius 3 is 1.27 bits per heavy atom. The molecule has 0 amide bonds. The highest BCUT2D eigenvalue weighted by Gasteiger charge is 2.10. The van der Waals surface area contributed by atoms with E-state index in [4.69, 9.17) is 0 Å². The SMILES string of the molecule is CN1CC[N]([Al-][N]2CCN(C)CC2)CC1. The number of nitrogens with zero attached hydrogens (tertiary/aromatic N) is 4. The molecule has 2 heterocycles. The first-order valence-electron chi connectivity index (χ1n) is 5.94. The predicted molar refractivity (Wildman–Crippen MR) is 63.9 cm³/mol. The Balaban J connectivity index is 1.68. The van der Waals surface area contributed by atoms with Crippen LogP contribution in [0.1, 0.15) is 0 Å². The zero-order valence-electron chi connectivity index (χ0n) is 10.0. The molecule has 0 aromatic rings. The van der Waals surface area contributed by atoms with Crippen molar-refractivity contribution in [1.29, 1.82) is 0 Å². The van der Waals surface area contributed by atoms with Gasteiger partial charge in [-0.15, -0.1) is 0 Å². The molecule has 0 spiro atoms. The molecule has 0 aromatic carbocycles. The molecule has 2 aliphatic heterocycles. The van der Waals surface area contributed by atoms with Crippen LogP contribution in [-0.4, -0.2) is 99.7 Å². The molecule has 0 atom stereocenters. The van der Waals surface area contributed by atoms with Crippen molar-refractivity contribution in [3.8, 4) is 0 Å². The van der Waals surface area contributed by atoms with E-state index in [-0.39, 0.29) is 0 Å². The first-order valence-corrected chi connectivity index (χ1v) is 6.97. The summed E-state index contributed by atoms with van der Waals surface area (Å²) in [5.74, 6) is 0. The number of piperazine rings is 2. The van der Waals surface area contributed by atoms with Crippen LogP contribution in [0.15, 0.2) is 0 Å². The summed E-state index contributed by atoms with van der Waals surface area (Å²) in [6.45, 7) is 10.1. The van der Waals surface area contributed by atoms with Crippen molar-refractivity contribution < 1.29 is 0 Å². The van der Waals surface area contributed by atoms with Gasteiger partial charge in [-0.05, 0) is 55.9 Å². The topological polar surface area (TPSA) is 13.0 Å². The number of rotatable bonds is 2. The Kier molecular flexibility index (Phi) is 4.44. The summed E-state index contributed by atoms with van der Waals surface area (Å²) in [5, 5.41) is 0. The fourth-order valence-corrected chi connectivity index (χ4v) is 3.49. The highest BCUT2D eigenvalue weighted by Crippen LogP contribution is 2.02. The van der Waals surface area contributed by atoms with E-state index in [1.54, 1.807) is 0 Å². The fourth-order valence-electron chi connectivity index (χ4n) is 2.11. The Morgan fingerprint density at radius 1 is 0.600 bits per heavy atom. The van der Waals surface area contributed by atoms with Gasteiger partial charge in [0.15, 0.2) is 0 Å². The summed E-state index contributed by atoms with van der Waals surface area (Å²) < 4.78 is 5.34. The minimum atomic E-state index is 0.406. The van der Waals surface area contributed by atoms with Gasteiger partial charge in [-0.1, -0.05) is 0 Å². The van der Waals surface area contributed by atoms with Gasteiger partial charge in [-0.25, -0.2) is 0 Å². The van der Waals surface area contributed by atoms with Gasteiger partial charge in [0.1, 0.15) is 0 Å². The van der Waals surface area contributed by atoms with E-state index in [0.717, 1.165) is 0 Å². The van der Waals surface area contributed by atoms with Crippen LogP contribution in [0, 0.1) is 0 Å². The van der Waals surface area contributed by atoms with Crippen molar-refractivity contribution in [2.75, 3.05) is 66.5 Å². The molecule has 5 heteroatoms. The Bertz CT molecular complexity index is 166. The number of likely N-dealkylation sites (N-methyl/N-ethyl adjacent to an activating group) is 2. The molecule has 0 bridgehead atoms. The van der Waals surface area contributed by atoms with E-state index in [9.17, 15) is 0 Å². The molecule has 15 heavy (non-hydrogen) atoms. The standard InChI is InChI=1S/2C5H11N2.Al/c2*1-7-4-2-6-3-5-7;/h2*2-5H2,1H3;/q2*-1;+1. The highest BCUT2D eigenvalue weighted by atomic mass is 27.1. The maximum atomic E-state index is 2.67. The molecular formula is C10H22AlN4-. The minimum absolute atomic E-state index is 0.406. The molecule has 2 rings (SSSR count). The summed E-state index contributed by atoms with van der Waals surface area (Å²) >= 11 is 0.406. The van der Waals surface area contributed by atoms with Gasteiger partial charge in [0.05, 0.1) is 0 Å². The van der Waals surface area contributed by atoms with Gasteiger partial charge >= 0.3 is 0 Å². The normalized spacial score (nSPS) is 28.4. The molecular weight excluding hydrogens is 203 g/mol. The van der Waals surface area contributed by atoms with E-state index in [1.165, 1.54) is 52.4 Å². The minimum Gasteiger partial charge on any atom is -0.554 e. The van der Waals surface area contributed by atoms with Crippen LogP contribution < -0.4 is 0 Å². The molecule has 2 fully saturated rings. The lowest BCUT2D eigenvalue weighted by Crippen LogP contribution is -2.55. The summed E-state index contributed by atoms with van der Waals surface area (Å²) in [6, 6.07) is 0. The lowest BCUT2D eigenvalue weighted by molar-refractivity contribution is 0.188. The zero-order valence-corrected chi connectivity index (χ0v) is 11.2. The third-order valence-corrected chi connectivity index (χ3v) is 5.09. The molecule has 2 saturated heterocycles. The van der Waals surface area contributed by atoms with Gasteiger partial charge in [-0.3, -0.25) is 0 Å². The van der Waals surface area contributed by atoms with Crippen molar-refractivity contribution in [3.63, 3.8) is 0 Å². The molecule has 2 aliphatic rings. The van der Waals surface area contributed by atoms with Crippen LogP contribution in [0.4, 0.5) is 0 Å². The van der Waals surface area contributed by atoms with Crippen molar-refractivity contribution in [1.82, 2.24) is 17.6 Å².